The number of hydrogen-bond donors (Lipinski definition) is 2. The number of benzene rings is 1. The first-order valence-corrected chi connectivity index (χ1v) is 6.69. The Hall–Kier alpha value is -1.06. The number of halogens is 1. The van der Waals surface area contributed by atoms with Crippen LogP contribution in [0.5, 0.6) is 0 Å². The summed E-state index contributed by atoms with van der Waals surface area (Å²) < 4.78 is 0. The van der Waals surface area contributed by atoms with Gasteiger partial charge in [-0.2, -0.15) is 0 Å². The molecule has 0 spiro atoms. The molecule has 2 rings (SSSR count). The van der Waals surface area contributed by atoms with Crippen LogP contribution in [0.4, 0.5) is 0 Å². The monoisotopic (exact) mass is 282 g/mol. The second-order valence-electron chi connectivity index (χ2n) is 5.52. The number of hydrogen-bond acceptors (Lipinski definition) is 2. The SMILES string of the molecule is C[C@@H](N)C(=O)NCC1(Cc2ccccc2)CCC1.Cl. The molecule has 1 amide bonds. The third-order valence-corrected chi connectivity index (χ3v) is 3.89. The molecule has 106 valence electrons. The molecule has 0 aliphatic heterocycles. The van der Waals surface area contributed by atoms with Crippen LogP contribution in [0.25, 0.3) is 0 Å². The van der Waals surface area contributed by atoms with Crippen LogP contribution in [0.1, 0.15) is 31.7 Å². The lowest BCUT2D eigenvalue weighted by molar-refractivity contribution is -0.122. The smallest absolute Gasteiger partial charge is 0.236 e. The van der Waals surface area contributed by atoms with Gasteiger partial charge in [0.25, 0.3) is 0 Å². The maximum absolute atomic E-state index is 11.5. The fourth-order valence-corrected chi connectivity index (χ4v) is 2.56. The second-order valence-corrected chi connectivity index (χ2v) is 5.52. The van der Waals surface area contributed by atoms with E-state index in [1.54, 1.807) is 6.92 Å². The van der Waals surface area contributed by atoms with Crippen molar-refractivity contribution in [3.05, 3.63) is 35.9 Å². The molecule has 1 aliphatic rings. The summed E-state index contributed by atoms with van der Waals surface area (Å²) in [5.41, 5.74) is 7.18. The minimum absolute atomic E-state index is 0. The van der Waals surface area contributed by atoms with E-state index in [2.05, 4.69) is 29.6 Å². The summed E-state index contributed by atoms with van der Waals surface area (Å²) in [5.74, 6) is -0.0469. The molecule has 1 fully saturated rings. The van der Waals surface area contributed by atoms with Crippen molar-refractivity contribution in [3.8, 4) is 0 Å². The third-order valence-electron chi connectivity index (χ3n) is 3.89. The lowest BCUT2D eigenvalue weighted by atomic mass is 9.65. The molecule has 1 atom stereocenters. The molecule has 0 radical (unpaired) electrons. The molecule has 4 heteroatoms. The fraction of sp³-hybridized carbons (Fsp3) is 0.533. The van der Waals surface area contributed by atoms with Crippen LogP contribution >= 0.6 is 12.4 Å². The van der Waals surface area contributed by atoms with Crippen molar-refractivity contribution in [2.24, 2.45) is 11.1 Å². The number of carbonyl (C=O) groups excluding carboxylic acids is 1. The molecule has 0 aromatic heterocycles. The Balaban J connectivity index is 0.00000180. The van der Waals surface area contributed by atoms with Gasteiger partial charge in [-0.1, -0.05) is 36.8 Å². The first kappa shape index (κ1) is 16.0. The first-order chi connectivity index (χ1) is 8.61. The van der Waals surface area contributed by atoms with E-state index in [0.717, 1.165) is 13.0 Å². The summed E-state index contributed by atoms with van der Waals surface area (Å²) in [6.07, 6.45) is 4.70. The molecule has 3 N–H and O–H groups in total. The Kier molecular flexibility index (Phi) is 5.83. The van der Waals surface area contributed by atoms with Crippen molar-refractivity contribution in [3.63, 3.8) is 0 Å². The maximum Gasteiger partial charge on any atom is 0.236 e. The van der Waals surface area contributed by atoms with E-state index in [4.69, 9.17) is 5.73 Å². The van der Waals surface area contributed by atoms with Gasteiger partial charge in [-0.25, -0.2) is 0 Å². The lowest BCUT2D eigenvalue weighted by Crippen LogP contribution is -2.47. The number of nitrogens with one attached hydrogen (secondary N) is 1. The van der Waals surface area contributed by atoms with E-state index in [1.165, 1.54) is 24.8 Å². The molecule has 1 aliphatic carbocycles. The Morgan fingerprint density at radius 1 is 1.37 bits per heavy atom. The topological polar surface area (TPSA) is 55.1 Å². The summed E-state index contributed by atoms with van der Waals surface area (Å²) in [7, 11) is 0. The van der Waals surface area contributed by atoms with Crippen molar-refractivity contribution in [2.45, 2.75) is 38.6 Å². The van der Waals surface area contributed by atoms with Crippen LogP contribution in [0.15, 0.2) is 30.3 Å². The average molecular weight is 283 g/mol. The highest BCUT2D eigenvalue weighted by Crippen LogP contribution is 2.43. The van der Waals surface area contributed by atoms with Crippen molar-refractivity contribution < 1.29 is 4.79 Å². The molecular formula is C15H23ClN2O. The van der Waals surface area contributed by atoms with Crippen molar-refractivity contribution in [1.29, 1.82) is 0 Å². The predicted octanol–water partition coefficient (Wildman–Crippen LogP) is 2.28. The van der Waals surface area contributed by atoms with E-state index in [0.29, 0.717) is 0 Å². The molecule has 1 saturated carbocycles. The molecule has 0 saturated heterocycles. The van der Waals surface area contributed by atoms with Crippen LogP contribution < -0.4 is 11.1 Å². The standard InChI is InChI=1S/C15H22N2O.ClH/c1-12(16)14(18)17-11-15(8-5-9-15)10-13-6-3-2-4-7-13;/h2-4,6-7,12H,5,8-11,16H2,1H3,(H,17,18);1H/t12-;/m1./s1. The quantitative estimate of drug-likeness (QED) is 0.871. The summed E-state index contributed by atoms with van der Waals surface area (Å²) in [4.78, 5) is 11.5. The predicted molar refractivity (Wildman–Crippen MR) is 80.3 cm³/mol. The van der Waals surface area contributed by atoms with Gasteiger partial charge in [0.15, 0.2) is 0 Å². The minimum Gasteiger partial charge on any atom is -0.354 e. The second kappa shape index (κ2) is 6.92. The van der Waals surface area contributed by atoms with Crippen molar-refractivity contribution >= 4 is 18.3 Å². The van der Waals surface area contributed by atoms with Crippen LogP contribution in [0, 0.1) is 5.41 Å². The Morgan fingerprint density at radius 2 is 2.00 bits per heavy atom. The van der Waals surface area contributed by atoms with Gasteiger partial charge in [0.2, 0.25) is 5.91 Å². The zero-order valence-corrected chi connectivity index (χ0v) is 12.2. The van der Waals surface area contributed by atoms with E-state index < -0.39 is 6.04 Å². The molecule has 3 nitrogen and oxygen atoms in total. The molecule has 1 aromatic rings. The van der Waals surface area contributed by atoms with Gasteiger partial charge in [0, 0.05) is 6.54 Å². The summed E-state index contributed by atoms with van der Waals surface area (Å²) in [6.45, 7) is 2.47. The van der Waals surface area contributed by atoms with Crippen molar-refractivity contribution in [2.75, 3.05) is 6.54 Å². The minimum atomic E-state index is -0.418. The average Bonchev–Trinajstić information content (AvgIpc) is 2.33. The van der Waals surface area contributed by atoms with Gasteiger partial charge in [-0.3, -0.25) is 4.79 Å². The van der Waals surface area contributed by atoms with E-state index in [9.17, 15) is 4.79 Å². The first-order valence-electron chi connectivity index (χ1n) is 6.69. The Morgan fingerprint density at radius 3 is 2.47 bits per heavy atom. The number of carbonyl (C=O) groups is 1. The van der Waals surface area contributed by atoms with Gasteiger partial charge in [0.1, 0.15) is 0 Å². The van der Waals surface area contributed by atoms with Crippen LogP contribution in [-0.4, -0.2) is 18.5 Å². The third kappa shape index (κ3) is 4.22. The lowest BCUT2D eigenvalue weighted by Gasteiger charge is -2.42. The highest BCUT2D eigenvalue weighted by Gasteiger charge is 2.37. The molecule has 0 heterocycles. The zero-order chi connectivity index (χ0) is 13.0. The van der Waals surface area contributed by atoms with Gasteiger partial charge in [-0.05, 0) is 37.2 Å². The number of rotatable bonds is 5. The molecule has 0 bridgehead atoms. The normalized spacial score (nSPS) is 17.8. The summed E-state index contributed by atoms with van der Waals surface area (Å²) in [6, 6.07) is 10.1. The number of amides is 1. The van der Waals surface area contributed by atoms with E-state index in [-0.39, 0.29) is 23.7 Å². The van der Waals surface area contributed by atoms with Crippen molar-refractivity contribution in [1.82, 2.24) is 5.32 Å². The Bertz CT molecular complexity index is 402. The summed E-state index contributed by atoms with van der Waals surface area (Å²) in [5, 5.41) is 2.98. The van der Waals surface area contributed by atoms with Gasteiger partial charge in [0.05, 0.1) is 6.04 Å². The highest BCUT2D eigenvalue weighted by molar-refractivity contribution is 5.85. The fourth-order valence-electron chi connectivity index (χ4n) is 2.56. The van der Waals surface area contributed by atoms with Gasteiger partial charge < -0.3 is 11.1 Å². The van der Waals surface area contributed by atoms with E-state index >= 15 is 0 Å². The Labute approximate surface area is 121 Å². The zero-order valence-electron chi connectivity index (χ0n) is 11.4. The maximum atomic E-state index is 11.5. The molecule has 0 unspecified atom stereocenters. The van der Waals surface area contributed by atoms with Gasteiger partial charge >= 0.3 is 0 Å². The van der Waals surface area contributed by atoms with Crippen LogP contribution in [-0.2, 0) is 11.2 Å². The highest BCUT2D eigenvalue weighted by atomic mass is 35.5. The summed E-state index contributed by atoms with van der Waals surface area (Å²) >= 11 is 0. The van der Waals surface area contributed by atoms with Crippen LogP contribution in [0.2, 0.25) is 0 Å². The number of nitrogens with two attached hydrogens (primary N) is 1. The van der Waals surface area contributed by atoms with Crippen LogP contribution in [0.3, 0.4) is 0 Å². The largest absolute Gasteiger partial charge is 0.354 e. The van der Waals surface area contributed by atoms with E-state index in [1.807, 2.05) is 6.07 Å². The molecular weight excluding hydrogens is 260 g/mol. The molecule has 19 heavy (non-hydrogen) atoms. The molecule has 1 aromatic carbocycles. The van der Waals surface area contributed by atoms with Gasteiger partial charge in [-0.15, -0.1) is 12.4 Å².